The number of carbonyl (C=O) groups is 1. The van der Waals surface area contributed by atoms with Crippen molar-refractivity contribution in [3.63, 3.8) is 0 Å². The summed E-state index contributed by atoms with van der Waals surface area (Å²) in [6.45, 7) is 4.31. The first-order valence-electron chi connectivity index (χ1n) is 8.63. The van der Waals surface area contributed by atoms with Gasteiger partial charge in [-0.05, 0) is 48.9 Å². The van der Waals surface area contributed by atoms with Gasteiger partial charge in [-0.25, -0.2) is 4.79 Å². The molecule has 3 nitrogen and oxygen atoms in total. The van der Waals surface area contributed by atoms with Gasteiger partial charge < -0.3 is 4.74 Å². The first kappa shape index (κ1) is 16.7. The van der Waals surface area contributed by atoms with Crippen LogP contribution in [0.25, 0.3) is 0 Å². The topological polar surface area (TPSA) is 29.5 Å². The molecule has 1 saturated carbocycles. The molecule has 0 amide bonds. The van der Waals surface area contributed by atoms with E-state index in [9.17, 15) is 4.79 Å². The van der Waals surface area contributed by atoms with Gasteiger partial charge in [0.1, 0.15) is 0 Å². The van der Waals surface area contributed by atoms with E-state index in [1.807, 2.05) is 24.3 Å². The monoisotopic (exact) mass is 323 g/mol. The Hall–Kier alpha value is -2.13. The molecule has 126 valence electrons. The van der Waals surface area contributed by atoms with Crippen LogP contribution in [0.15, 0.2) is 54.6 Å². The van der Waals surface area contributed by atoms with E-state index in [1.165, 1.54) is 31.1 Å². The van der Waals surface area contributed by atoms with Crippen molar-refractivity contribution in [3.05, 3.63) is 71.3 Å². The Bertz CT molecular complexity index is 662. The molecule has 0 N–H and O–H groups in total. The van der Waals surface area contributed by atoms with E-state index in [0.717, 1.165) is 19.0 Å². The molecular formula is C21H25NO2. The van der Waals surface area contributed by atoms with E-state index in [2.05, 4.69) is 42.2 Å². The van der Waals surface area contributed by atoms with Crippen molar-refractivity contribution in [2.24, 2.45) is 5.92 Å². The molecule has 2 aromatic carbocycles. The fourth-order valence-corrected chi connectivity index (χ4v) is 3.03. The lowest BCUT2D eigenvalue weighted by Crippen LogP contribution is -2.28. The molecule has 0 saturated heterocycles. The third kappa shape index (κ3) is 4.24. The van der Waals surface area contributed by atoms with Gasteiger partial charge in [0.05, 0.1) is 12.7 Å². The second kappa shape index (κ2) is 7.63. The molecular weight excluding hydrogens is 298 g/mol. The average Bonchev–Trinajstić information content (AvgIpc) is 3.45. The Morgan fingerprint density at radius 1 is 1.12 bits per heavy atom. The molecule has 0 bridgehead atoms. The highest BCUT2D eigenvalue weighted by Gasteiger charge is 2.27. The number of esters is 1. The molecule has 1 fully saturated rings. The van der Waals surface area contributed by atoms with Gasteiger partial charge in [-0.15, -0.1) is 0 Å². The Labute approximate surface area is 144 Å². The maximum Gasteiger partial charge on any atom is 0.337 e. The van der Waals surface area contributed by atoms with Gasteiger partial charge in [-0.3, -0.25) is 4.90 Å². The molecule has 3 heteroatoms. The lowest BCUT2D eigenvalue weighted by Gasteiger charge is -2.29. The summed E-state index contributed by atoms with van der Waals surface area (Å²) in [6, 6.07) is 18.8. The lowest BCUT2D eigenvalue weighted by atomic mass is 10.0. The van der Waals surface area contributed by atoms with Crippen molar-refractivity contribution < 1.29 is 9.53 Å². The Balaban J connectivity index is 1.73. The first-order chi connectivity index (χ1) is 11.7. The number of carbonyl (C=O) groups excluding carboxylic acids is 1. The summed E-state index contributed by atoms with van der Waals surface area (Å²) in [5.74, 6) is 0.555. The summed E-state index contributed by atoms with van der Waals surface area (Å²) in [4.78, 5) is 14.1. The SMILES string of the molecule is COC(=O)c1ccc(CN(CC2CC2)C(C)c2ccccc2)cc1. The molecule has 1 aliphatic carbocycles. The first-order valence-corrected chi connectivity index (χ1v) is 8.63. The minimum absolute atomic E-state index is 0.283. The Morgan fingerprint density at radius 2 is 1.79 bits per heavy atom. The van der Waals surface area contributed by atoms with E-state index in [4.69, 9.17) is 4.74 Å². The highest BCUT2D eigenvalue weighted by molar-refractivity contribution is 5.89. The molecule has 1 atom stereocenters. The highest BCUT2D eigenvalue weighted by Crippen LogP contribution is 2.33. The Kier molecular flexibility index (Phi) is 5.31. The summed E-state index contributed by atoms with van der Waals surface area (Å²) < 4.78 is 4.76. The predicted molar refractivity (Wildman–Crippen MR) is 95.8 cm³/mol. The van der Waals surface area contributed by atoms with Crippen LogP contribution >= 0.6 is 0 Å². The minimum atomic E-state index is -0.283. The quantitative estimate of drug-likeness (QED) is 0.705. The predicted octanol–water partition coefficient (Wildman–Crippen LogP) is 4.45. The highest BCUT2D eigenvalue weighted by atomic mass is 16.5. The fraction of sp³-hybridized carbons (Fsp3) is 0.381. The van der Waals surface area contributed by atoms with E-state index in [0.29, 0.717) is 11.6 Å². The van der Waals surface area contributed by atoms with Gasteiger partial charge in [0.25, 0.3) is 0 Å². The van der Waals surface area contributed by atoms with Gasteiger partial charge >= 0.3 is 5.97 Å². The summed E-state index contributed by atoms with van der Waals surface area (Å²) in [5.41, 5.74) is 3.18. The second-order valence-electron chi connectivity index (χ2n) is 6.65. The van der Waals surface area contributed by atoms with Gasteiger partial charge in [-0.2, -0.15) is 0 Å². The number of rotatable bonds is 7. The normalized spacial score (nSPS) is 15.3. The van der Waals surface area contributed by atoms with Crippen molar-refractivity contribution in [2.45, 2.75) is 32.4 Å². The number of benzene rings is 2. The van der Waals surface area contributed by atoms with E-state index >= 15 is 0 Å². The van der Waals surface area contributed by atoms with Crippen LogP contribution in [-0.4, -0.2) is 24.5 Å². The van der Waals surface area contributed by atoms with Gasteiger partial charge in [0, 0.05) is 19.1 Å². The van der Waals surface area contributed by atoms with E-state index < -0.39 is 0 Å². The van der Waals surface area contributed by atoms with Crippen LogP contribution in [-0.2, 0) is 11.3 Å². The maximum absolute atomic E-state index is 11.6. The smallest absolute Gasteiger partial charge is 0.337 e. The van der Waals surface area contributed by atoms with Crippen LogP contribution in [0.5, 0.6) is 0 Å². The fourth-order valence-electron chi connectivity index (χ4n) is 3.03. The maximum atomic E-state index is 11.6. The van der Waals surface area contributed by atoms with Crippen LogP contribution in [0.2, 0.25) is 0 Å². The molecule has 0 spiro atoms. The van der Waals surface area contributed by atoms with E-state index in [-0.39, 0.29) is 5.97 Å². The standard InChI is InChI=1S/C21H25NO2/c1-16(19-6-4-3-5-7-19)22(14-17-8-9-17)15-18-10-12-20(13-11-18)21(23)24-2/h3-7,10-13,16-17H,8-9,14-15H2,1-2H3. The van der Waals surface area contributed by atoms with Gasteiger partial charge in [0.2, 0.25) is 0 Å². The zero-order chi connectivity index (χ0) is 16.9. The largest absolute Gasteiger partial charge is 0.465 e. The van der Waals surface area contributed by atoms with Crippen molar-refractivity contribution in [1.29, 1.82) is 0 Å². The summed E-state index contributed by atoms with van der Waals surface area (Å²) in [5, 5.41) is 0. The zero-order valence-electron chi connectivity index (χ0n) is 14.4. The third-order valence-electron chi connectivity index (χ3n) is 4.78. The molecule has 24 heavy (non-hydrogen) atoms. The van der Waals surface area contributed by atoms with Gasteiger partial charge in [0.15, 0.2) is 0 Å². The number of hydrogen-bond acceptors (Lipinski definition) is 3. The summed E-state index contributed by atoms with van der Waals surface area (Å²) in [6.07, 6.45) is 2.69. The minimum Gasteiger partial charge on any atom is -0.465 e. The second-order valence-corrected chi connectivity index (χ2v) is 6.65. The molecule has 0 aliphatic heterocycles. The molecule has 3 rings (SSSR count). The Morgan fingerprint density at radius 3 is 2.38 bits per heavy atom. The van der Waals surface area contributed by atoms with Crippen LogP contribution in [0.1, 0.15) is 47.3 Å². The molecule has 0 aromatic heterocycles. The molecule has 0 radical (unpaired) electrons. The van der Waals surface area contributed by atoms with Crippen molar-refractivity contribution in [3.8, 4) is 0 Å². The molecule has 0 heterocycles. The van der Waals surface area contributed by atoms with Gasteiger partial charge in [-0.1, -0.05) is 42.5 Å². The van der Waals surface area contributed by atoms with Crippen LogP contribution in [0.4, 0.5) is 0 Å². The van der Waals surface area contributed by atoms with Crippen LogP contribution < -0.4 is 0 Å². The lowest BCUT2D eigenvalue weighted by molar-refractivity contribution is 0.0600. The summed E-state index contributed by atoms with van der Waals surface area (Å²) in [7, 11) is 1.41. The molecule has 2 aromatic rings. The van der Waals surface area contributed by atoms with Crippen LogP contribution in [0.3, 0.4) is 0 Å². The van der Waals surface area contributed by atoms with Crippen molar-refractivity contribution >= 4 is 5.97 Å². The summed E-state index contributed by atoms with van der Waals surface area (Å²) >= 11 is 0. The van der Waals surface area contributed by atoms with E-state index in [1.54, 1.807) is 0 Å². The molecule has 1 unspecified atom stereocenters. The van der Waals surface area contributed by atoms with Crippen molar-refractivity contribution in [1.82, 2.24) is 4.90 Å². The number of hydrogen-bond donors (Lipinski definition) is 0. The third-order valence-corrected chi connectivity index (χ3v) is 4.78. The van der Waals surface area contributed by atoms with Crippen LogP contribution in [0, 0.1) is 5.92 Å². The number of ether oxygens (including phenoxy) is 1. The zero-order valence-corrected chi connectivity index (χ0v) is 14.4. The average molecular weight is 323 g/mol. The molecule has 1 aliphatic rings. The van der Waals surface area contributed by atoms with Crippen molar-refractivity contribution in [2.75, 3.05) is 13.7 Å². The number of methoxy groups -OCH3 is 1. The number of nitrogens with zero attached hydrogens (tertiary/aromatic N) is 1.